The summed E-state index contributed by atoms with van der Waals surface area (Å²) in [5.41, 5.74) is 0.561. The van der Waals surface area contributed by atoms with Gasteiger partial charge in [-0.2, -0.15) is 0 Å². The van der Waals surface area contributed by atoms with Crippen LogP contribution in [0.15, 0.2) is 18.2 Å². The summed E-state index contributed by atoms with van der Waals surface area (Å²) in [6, 6.07) is 5.31. The number of hydrogen-bond acceptors (Lipinski definition) is 1. The van der Waals surface area contributed by atoms with Gasteiger partial charge in [-0.05, 0) is 36.9 Å². The SMILES string of the molecule is CCC(CC)(CNCC(C)C)c1cccc(Cl)c1F. The Labute approximate surface area is 121 Å². The summed E-state index contributed by atoms with van der Waals surface area (Å²) in [5, 5.41) is 3.68. The molecule has 0 bridgehead atoms. The van der Waals surface area contributed by atoms with Crippen LogP contribution in [0, 0.1) is 11.7 Å². The molecule has 19 heavy (non-hydrogen) atoms. The van der Waals surface area contributed by atoms with E-state index in [9.17, 15) is 4.39 Å². The highest BCUT2D eigenvalue weighted by Gasteiger charge is 2.31. The van der Waals surface area contributed by atoms with Gasteiger partial charge in [-0.1, -0.05) is 51.4 Å². The Morgan fingerprint density at radius 3 is 2.42 bits per heavy atom. The third-order valence-corrected chi connectivity index (χ3v) is 4.18. The largest absolute Gasteiger partial charge is 0.316 e. The number of nitrogens with one attached hydrogen (secondary N) is 1. The molecule has 0 aliphatic heterocycles. The van der Waals surface area contributed by atoms with Crippen molar-refractivity contribution in [3.8, 4) is 0 Å². The number of rotatable bonds is 7. The fraction of sp³-hybridized carbons (Fsp3) is 0.625. The molecule has 0 saturated heterocycles. The molecule has 1 aromatic rings. The molecule has 0 atom stereocenters. The van der Waals surface area contributed by atoms with Gasteiger partial charge in [0.2, 0.25) is 0 Å². The molecule has 0 unspecified atom stereocenters. The highest BCUT2D eigenvalue weighted by molar-refractivity contribution is 6.30. The first-order valence-corrected chi connectivity index (χ1v) is 7.49. The van der Waals surface area contributed by atoms with Crippen molar-refractivity contribution in [1.82, 2.24) is 5.32 Å². The zero-order valence-electron chi connectivity index (χ0n) is 12.4. The normalized spacial score (nSPS) is 12.2. The van der Waals surface area contributed by atoms with Crippen LogP contribution in [0.25, 0.3) is 0 Å². The van der Waals surface area contributed by atoms with Crippen molar-refractivity contribution < 1.29 is 4.39 Å². The first-order valence-electron chi connectivity index (χ1n) is 7.12. The molecule has 0 aliphatic carbocycles. The number of hydrogen-bond donors (Lipinski definition) is 1. The van der Waals surface area contributed by atoms with E-state index in [4.69, 9.17) is 11.6 Å². The van der Waals surface area contributed by atoms with E-state index in [0.29, 0.717) is 5.92 Å². The van der Waals surface area contributed by atoms with Gasteiger partial charge in [0.05, 0.1) is 5.02 Å². The molecule has 0 amide bonds. The van der Waals surface area contributed by atoms with E-state index in [-0.39, 0.29) is 16.3 Å². The lowest BCUT2D eigenvalue weighted by Crippen LogP contribution is -2.39. The van der Waals surface area contributed by atoms with Crippen LogP contribution in [-0.4, -0.2) is 13.1 Å². The van der Waals surface area contributed by atoms with Gasteiger partial charge in [0, 0.05) is 12.0 Å². The molecule has 108 valence electrons. The van der Waals surface area contributed by atoms with Gasteiger partial charge in [0.15, 0.2) is 0 Å². The molecule has 3 heteroatoms. The standard InChI is InChI=1S/C16H25ClFN/c1-5-16(6-2,11-19-10-12(3)4)13-8-7-9-14(17)15(13)18/h7-9,12,19H,5-6,10-11H2,1-4H3. The van der Waals surface area contributed by atoms with Crippen molar-refractivity contribution in [3.05, 3.63) is 34.6 Å². The van der Waals surface area contributed by atoms with Gasteiger partial charge in [-0.3, -0.25) is 0 Å². The molecule has 0 saturated carbocycles. The fourth-order valence-electron chi connectivity index (χ4n) is 2.49. The Morgan fingerprint density at radius 2 is 1.89 bits per heavy atom. The zero-order chi connectivity index (χ0) is 14.5. The van der Waals surface area contributed by atoms with Crippen LogP contribution >= 0.6 is 11.6 Å². The van der Waals surface area contributed by atoms with Gasteiger partial charge in [0.25, 0.3) is 0 Å². The maximum atomic E-state index is 14.3. The zero-order valence-corrected chi connectivity index (χ0v) is 13.1. The van der Waals surface area contributed by atoms with Crippen LogP contribution in [0.1, 0.15) is 46.1 Å². The lowest BCUT2D eigenvalue weighted by atomic mass is 9.75. The minimum atomic E-state index is -0.265. The van der Waals surface area contributed by atoms with E-state index in [1.807, 2.05) is 12.1 Å². The second-order valence-electron chi connectivity index (χ2n) is 5.61. The quantitative estimate of drug-likeness (QED) is 0.760. The molecule has 1 aromatic carbocycles. The summed E-state index contributed by atoms with van der Waals surface area (Å²) in [4.78, 5) is 0. The van der Waals surface area contributed by atoms with Crippen LogP contribution in [0.2, 0.25) is 5.02 Å². The average molecular weight is 286 g/mol. The van der Waals surface area contributed by atoms with E-state index < -0.39 is 0 Å². The Hall–Kier alpha value is -0.600. The van der Waals surface area contributed by atoms with Gasteiger partial charge in [-0.25, -0.2) is 4.39 Å². The van der Waals surface area contributed by atoms with E-state index >= 15 is 0 Å². The van der Waals surface area contributed by atoms with E-state index in [1.165, 1.54) is 0 Å². The van der Waals surface area contributed by atoms with Crippen LogP contribution < -0.4 is 5.32 Å². The maximum Gasteiger partial charge on any atom is 0.145 e. The molecule has 0 aliphatic rings. The van der Waals surface area contributed by atoms with Crippen molar-refractivity contribution in [2.75, 3.05) is 13.1 Å². The molecular weight excluding hydrogens is 261 g/mol. The summed E-state index contributed by atoms with van der Waals surface area (Å²) in [5.74, 6) is 0.329. The van der Waals surface area contributed by atoms with Gasteiger partial charge < -0.3 is 5.32 Å². The van der Waals surface area contributed by atoms with Crippen LogP contribution in [-0.2, 0) is 5.41 Å². The van der Waals surface area contributed by atoms with Crippen molar-refractivity contribution >= 4 is 11.6 Å². The van der Waals surface area contributed by atoms with Gasteiger partial charge in [-0.15, -0.1) is 0 Å². The van der Waals surface area contributed by atoms with Crippen LogP contribution in [0.3, 0.4) is 0 Å². The maximum absolute atomic E-state index is 14.3. The molecule has 1 nitrogen and oxygen atoms in total. The highest BCUT2D eigenvalue weighted by Crippen LogP contribution is 2.35. The molecule has 0 aromatic heterocycles. The first-order chi connectivity index (χ1) is 8.96. The van der Waals surface area contributed by atoms with Gasteiger partial charge >= 0.3 is 0 Å². The molecule has 0 spiro atoms. The van der Waals surface area contributed by atoms with Crippen molar-refractivity contribution in [2.45, 2.75) is 46.0 Å². The molecular formula is C16H25ClFN. The average Bonchev–Trinajstić information content (AvgIpc) is 2.38. The predicted molar refractivity (Wildman–Crippen MR) is 81.4 cm³/mol. The van der Waals surface area contributed by atoms with Crippen molar-refractivity contribution in [3.63, 3.8) is 0 Å². The van der Waals surface area contributed by atoms with E-state index in [1.54, 1.807) is 6.07 Å². The minimum absolute atomic E-state index is 0.177. The molecule has 1 N–H and O–H groups in total. The Balaban J connectivity index is 3.00. The molecule has 0 radical (unpaired) electrons. The lowest BCUT2D eigenvalue weighted by molar-refractivity contribution is 0.346. The Kier molecular flexibility index (Phi) is 6.28. The molecule has 0 heterocycles. The summed E-state index contributed by atoms with van der Waals surface area (Å²) >= 11 is 5.92. The third-order valence-electron chi connectivity index (χ3n) is 3.89. The van der Waals surface area contributed by atoms with Crippen LogP contribution in [0.5, 0.6) is 0 Å². The van der Waals surface area contributed by atoms with Crippen molar-refractivity contribution in [2.24, 2.45) is 5.92 Å². The van der Waals surface area contributed by atoms with Crippen molar-refractivity contribution in [1.29, 1.82) is 0 Å². The Bertz CT molecular complexity index is 400. The smallest absolute Gasteiger partial charge is 0.145 e. The second-order valence-corrected chi connectivity index (χ2v) is 6.02. The molecule has 1 rings (SSSR count). The summed E-state index contributed by atoms with van der Waals surface area (Å²) < 4.78 is 14.3. The summed E-state index contributed by atoms with van der Waals surface area (Å²) in [7, 11) is 0. The first kappa shape index (κ1) is 16.5. The van der Waals surface area contributed by atoms with Gasteiger partial charge in [0.1, 0.15) is 5.82 Å². The second kappa shape index (κ2) is 7.25. The number of benzene rings is 1. The summed E-state index contributed by atoms with van der Waals surface area (Å²) in [6.07, 6.45) is 1.79. The molecule has 0 fully saturated rings. The Morgan fingerprint density at radius 1 is 1.26 bits per heavy atom. The highest BCUT2D eigenvalue weighted by atomic mass is 35.5. The lowest BCUT2D eigenvalue weighted by Gasteiger charge is -2.33. The monoisotopic (exact) mass is 285 g/mol. The van der Waals surface area contributed by atoms with E-state index in [2.05, 4.69) is 33.0 Å². The third kappa shape index (κ3) is 3.93. The summed E-state index contributed by atoms with van der Waals surface area (Å²) in [6.45, 7) is 10.3. The van der Waals surface area contributed by atoms with Crippen LogP contribution in [0.4, 0.5) is 4.39 Å². The topological polar surface area (TPSA) is 12.0 Å². The predicted octanol–water partition coefficient (Wildman–Crippen LogP) is 4.78. The number of halogens is 2. The minimum Gasteiger partial charge on any atom is -0.316 e. The fourth-order valence-corrected chi connectivity index (χ4v) is 2.66. The van der Waals surface area contributed by atoms with E-state index in [0.717, 1.165) is 31.5 Å².